The van der Waals surface area contributed by atoms with E-state index in [1.54, 1.807) is 12.1 Å². The zero-order chi connectivity index (χ0) is 9.84. The number of rotatable bonds is 3. The molecule has 13 heavy (non-hydrogen) atoms. The minimum atomic E-state index is 0.466. The highest BCUT2D eigenvalue weighted by Crippen LogP contribution is 2.28. The number of carbonyl (C=O) groups excluding carboxylic acids is 1. The second-order valence-electron chi connectivity index (χ2n) is 2.50. The standard InChI is InChI=1S/C9H9Cl2NO/c1-2-12-9-6(5-13)3-7(10)4-8(9)11/h3-5,12H,2H2,1H3. The Balaban J connectivity index is 3.21. The molecule has 0 spiro atoms. The smallest absolute Gasteiger partial charge is 0.152 e. The molecule has 0 unspecified atom stereocenters. The monoisotopic (exact) mass is 217 g/mol. The van der Waals surface area contributed by atoms with E-state index in [4.69, 9.17) is 23.2 Å². The Hall–Kier alpha value is -0.730. The maximum atomic E-state index is 10.6. The molecule has 70 valence electrons. The number of carbonyl (C=O) groups is 1. The molecule has 1 rings (SSSR count). The summed E-state index contributed by atoms with van der Waals surface area (Å²) in [6.07, 6.45) is 0.732. The fourth-order valence-corrected chi connectivity index (χ4v) is 1.63. The number of nitrogens with one attached hydrogen (secondary N) is 1. The van der Waals surface area contributed by atoms with Crippen molar-refractivity contribution >= 4 is 35.2 Å². The van der Waals surface area contributed by atoms with E-state index in [1.165, 1.54) is 0 Å². The maximum Gasteiger partial charge on any atom is 0.152 e. The van der Waals surface area contributed by atoms with Crippen molar-refractivity contribution in [2.45, 2.75) is 6.92 Å². The molecule has 1 aromatic carbocycles. The summed E-state index contributed by atoms with van der Waals surface area (Å²) in [6.45, 7) is 2.64. The van der Waals surface area contributed by atoms with Crippen molar-refractivity contribution in [3.8, 4) is 0 Å². The maximum absolute atomic E-state index is 10.6. The highest BCUT2D eigenvalue weighted by atomic mass is 35.5. The quantitative estimate of drug-likeness (QED) is 0.789. The van der Waals surface area contributed by atoms with Crippen molar-refractivity contribution in [3.05, 3.63) is 27.7 Å². The van der Waals surface area contributed by atoms with Crippen molar-refractivity contribution in [2.75, 3.05) is 11.9 Å². The first-order valence-corrected chi connectivity index (χ1v) is 4.62. The molecule has 0 aliphatic rings. The summed E-state index contributed by atoms with van der Waals surface area (Å²) < 4.78 is 0. The van der Waals surface area contributed by atoms with Gasteiger partial charge in [-0.25, -0.2) is 0 Å². The number of hydrogen-bond donors (Lipinski definition) is 1. The summed E-state index contributed by atoms with van der Waals surface area (Å²) in [6, 6.07) is 3.19. The molecule has 0 atom stereocenters. The van der Waals surface area contributed by atoms with Gasteiger partial charge in [-0.05, 0) is 19.1 Å². The summed E-state index contributed by atoms with van der Waals surface area (Å²) in [4.78, 5) is 10.6. The van der Waals surface area contributed by atoms with Gasteiger partial charge in [0.2, 0.25) is 0 Å². The Morgan fingerprint density at radius 3 is 2.69 bits per heavy atom. The largest absolute Gasteiger partial charge is 0.384 e. The number of halogens is 2. The van der Waals surface area contributed by atoms with Gasteiger partial charge < -0.3 is 5.32 Å². The number of aldehydes is 1. The van der Waals surface area contributed by atoms with Crippen LogP contribution in [0.5, 0.6) is 0 Å². The van der Waals surface area contributed by atoms with E-state index in [2.05, 4.69) is 5.32 Å². The molecule has 0 aliphatic carbocycles. The fraction of sp³-hybridized carbons (Fsp3) is 0.222. The van der Waals surface area contributed by atoms with Crippen molar-refractivity contribution in [2.24, 2.45) is 0 Å². The van der Waals surface area contributed by atoms with Crippen molar-refractivity contribution < 1.29 is 4.79 Å². The third-order valence-electron chi connectivity index (χ3n) is 1.57. The van der Waals surface area contributed by atoms with Gasteiger partial charge in [0.1, 0.15) is 0 Å². The van der Waals surface area contributed by atoms with Gasteiger partial charge in [0, 0.05) is 17.1 Å². The molecule has 0 aromatic heterocycles. The van der Waals surface area contributed by atoms with E-state index < -0.39 is 0 Å². The number of benzene rings is 1. The van der Waals surface area contributed by atoms with Crippen molar-refractivity contribution in [3.63, 3.8) is 0 Å². The molecule has 1 aromatic rings. The first-order valence-electron chi connectivity index (χ1n) is 3.87. The van der Waals surface area contributed by atoms with E-state index >= 15 is 0 Å². The summed E-state index contributed by atoms with van der Waals surface area (Å²) in [7, 11) is 0. The average molecular weight is 218 g/mol. The molecule has 0 saturated carbocycles. The fourth-order valence-electron chi connectivity index (χ4n) is 1.05. The van der Waals surface area contributed by atoms with Crippen LogP contribution in [-0.4, -0.2) is 12.8 Å². The Kier molecular flexibility index (Phi) is 3.58. The number of hydrogen-bond acceptors (Lipinski definition) is 2. The molecule has 0 amide bonds. The minimum absolute atomic E-state index is 0.466. The molecule has 1 N–H and O–H groups in total. The molecule has 0 heterocycles. The van der Waals surface area contributed by atoms with Gasteiger partial charge in [0.15, 0.2) is 6.29 Å². The minimum Gasteiger partial charge on any atom is -0.384 e. The zero-order valence-corrected chi connectivity index (χ0v) is 8.62. The SMILES string of the molecule is CCNc1c(Cl)cc(Cl)cc1C=O. The van der Waals surface area contributed by atoms with Gasteiger partial charge in [-0.1, -0.05) is 23.2 Å². The highest BCUT2D eigenvalue weighted by Gasteiger charge is 2.06. The van der Waals surface area contributed by atoms with Crippen LogP contribution in [0.25, 0.3) is 0 Å². The van der Waals surface area contributed by atoms with Crippen LogP contribution in [0.1, 0.15) is 17.3 Å². The van der Waals surface area contributed by atoms with Gasteiger partial charge in [0.05, 0.1) is 10.7 Å². The lowest BCUT2D eigenvalue weighted by atomic mass is 10.2. The molecule has 0 aliphatic heterocycles. The van der Waals surface area contributed by atoms with Gasteiger partial charge in [-0.15, -0.1) is 0 Å². The lowest BCUT2D eigenvalue weighted by Crippen LogP contribution is -2.01. The van der Waals surface area contributed by atoms with Crippen molar-refractivity contribution in [1.82, 2.24) is 0 Å². The predicted octanol–water partition coefficient (Wildman–Crippen LogP) is 3.24. The third kappa shape index (κ3) is 2.36. The molecule has 0 saturated heterocycles. The lowest BCUT2D eigenvalue weighted by Gasteiger charge is -2.08. The summed E-state index contributed by atoms with van der Waals surface area (Å²) in [5, 5.41) is 3.94. The Labute approximate surface area is 86.8 Å². The van der Waals surface area contributed by atoms with Crippen LogP contribution in [0.3, 0.4) is 0 Å². The molecule has 2 nitrogen and oxygen atoms in total. The Morgan fingerprint density at radius 1 is 1.46 bits per heavy atom. The van der Waals surface area contributed by atoms with Crippen LogP contribution in [0.15, 0.2) is 12.1 Å². The van der Waals surface area contributed by atoms with Crippen LogP contribution in [0.4, 0.5) is 5.69 Å². The topological polar surface area (TPSA) is 29.1 Å². The van der Waals surface area contributed by atoms with Crippen LogP contribution in [-0.2, 0) is 0 Å². The zero-order valence-electron chi connectivity index (χ0n) is 7.10. The predicted molar refractivity (Wildman–Crippen MR) is 56.0 cm³/mol. The molecule has 0 radical (unpaired) electrons. The van der Waals surface area contributed by atoms with E-state index in [0.29, 0.717) is 27.8 Å². The van der Waals surface area contributed by atoms with Crippen LogP contribution < -0.4 is 5.32 Å². The first kappa shape index (κ1) is 10.4. The molecule has 0 bridgehead atoms. The first-order chi connectivity index (χ1) is 6.19. The van der Waals surface area contributed by atoms with E-state index in [9.17, 15) is 4.79 Å². The van der Waals surface area contributed by atoms with Crippen LogP contribution in [0, 0.1) is 0 Å². The van der Waals surface area contributed by atoms with E-state index in [0.717, 1.165) is 6.29 Å². The average Bonchev–Trinajstić information content (AvgIpc) is 2.09. The normalized spacial score (nSPS) is 9.77. The van der Waals surface area contributed by atoms with Crippen molar-refractivity contribution in [1.29, 1.82) is 0 Å². The Morgan fingerprint density at radius 2 is 2.15 bits per heavy atom. The lowest BCUT2D eigenvalue weighted by molar-refractivity contribution is 0.112. The highest BCUT2D eigenvalue weighted by molar-refractivity contribution is 6.37. The molecule has 4 heteroatoms. The van der Waals surface area contributed by atoms with Crippen LogP contribution >= 0.6 is 23.2 Å². The number of anilines is 1. The van der Waals surface area contributed by atoms with Crippen LogP contribution in [0.2, 0.25) is 10.0 Å². The summed E-state index contributed by atoms with van der Waals surface area (Å²) in [5.41, 5.74) is 1.13. The van der Waals surface area contributed by atoms with Gasteiger partial charge in [0.25, 0.3) is 0 Å². The van der Waals surface area contributed by atoms with Gasteiger partial charge >= 0.3 is 0 Å². The molecule has 0 fully saturated rings. The third-order valence-corrected chi connectivity index (χ3v) is 2.08. The van der Waals surface area contributed by atoms with E-state index in [1.807, 2.05) is 6.92 Å². The van der Waals surface area contributed by atoms with Gasteiger partial charge in [-0.3, -0.25) is 4.79 Å². The summed E-state index contributed by atoms with van der Waals surface area (Å²) >= 11 is 11.6. The summed E-state index contributed by atoms with van der Waals surface area (Å²) in [5.74, 6) is 0. The second-order valence-corrected chi connectivity index (χ2v) is 3.34. The van der Waals surface area contributed by atoms with Gasteiger partial charge in [-0.2, -0.15) is 0 Å². The molecular weight excluding hydrogens is 209 g/mol. The second kappa shape index (κ2) is 4.49. The van der Waals surface area contributed by atoms with E-state index in [-0.39, 0.29) is 0 Å². The Bertz CT molecular complexity index is 326. The molecular formula is C9H9Cl2NO.